The molecule has 2 saturated carbocycles. The molecule has 0 aromatic carbocycles. The van der Waals surface area contributed by atoms with Gasteiger partial charge < -0.3 is 15.8 Å². The predicted octanol–water partition coefficient (Wildman–Crippen LogP) is 1.30. The summed E-state index contributed by atoms with van der Waals surface area (Å²) in [6, 6.07) is 0.339. The lowest BCUT2D eigenvalue weighted by Gasteiger charge is -2.42. The van der Waals surface area contributed by atoms with Crippen LogP contribution in [0.1, 0.15) is 44.9 Å². The van der Waals surface area contributed by atoms with Crippen molar-refractivity contribution in [2.24, 2.45) is 16.3 Å². The topological polar surface area (TPSA) is 78.9 Å². The molecule has 0 heterocycles. The first-order chi connectivity index (χ1) is 8.12. The second-order valence-electron chi connectivity index (χ2n) is 5.28. The molecule has 5 heteroatoms. The van der Waals surface area contributed by atoms with Crippen LogP contribution in [0.2, 0.25) is 0 Å². The van der Waals surface area contributed by atoms with Crippen LogP contribution in [-0.2, 0) is 4.79 Å². The average molecular weight is 239 g/mol. The lowest BCUT2D eigenvalue weighted by molar-refractivity contribution is -0.142. The zero-order valence-corrected chi connectivity index (χ0v) is 10.4. The second kappa shape index (κ2) is 4.55. The van der Waals surface area contributed by atoms with Gasteiger partial charge in [0.15, 0.2) is 5.84 Å². The Kier molecular flexibility index (Phi) is 3.26. The molecular weight excluding hydrogens is 218 g/mol. The fraction of sp³-hybridized carbons (Fsp3) is 0.833. The Morgan fingerprint density at radius 3 is 2.35 bits per heavy atom. The van der Waals surface area contributed by atoms with Crippen molar-refractivity contribution in [2.75, 3.05) is 7.05 Å². The van der Waals surface area contributed by atoms with E-state index in [-0.39, 0.29) is 11.7 Å². The SMILES string of the molecule is CN(C(=O)C1(C(N)=NO)CCC1)C1CCCC1. The summed E-state index contributed by atoms with van der Waals surface area (Å²) >= 11 is 0. The maximum Gasteiger partial charge on any atom is 0.236 e. The highest BCUT2D eigenvalue weighted by Crippen LogP contribution is 2.43. The average Bonchev–Trinajstić information content (AvgIpc) is 2.79. The second-order valence-corrected chi connectivity index (χ2v) is 5.28. The number of nitrogens with zero attached hydrogens (tertiary/aromatic N) is 2. The number of amides is 1. The smallest absolute Gasteiger partial charge is 0.236 e. The minimum Gasteiger partial charge on any atom is -0.409 e. The quantitative estimate of drug-likeness (QED) is 0.337. The Morgan fingerprint density at radius 2 is 1.94 bits per heavy atom. The van der Waals surface area contributed by atoms with Gasteiger partial charge in [0, 0.05) is 13.1 Å². The first kappa shape index (κ1) is 12.2. The van der Waals surface area contributed by atoms with Crippen LogP contribution in [0, 0.1) is 5.41 Å². The van der Waals surface area contributed by atoms with E-state index in [1.165, 1.54) is 12.8 Å². The van der Waals surface area contributed by atoms with E-state index >= 15 is 0 Å². The van der Waals surface area contributed by atoms with Gasteiger partial charge in [-0.15, -0.1) is 0 Å². The number of amidine groups is 1. The van der Waals surface area contributed by atoms with Crippen LogP contribution in [0.15, 0.2) is 5.16 Å². The molecule has 17 heavy (non-hydrogen) atoms. The molecule has 2 aliphatic rings. The van der Waals surface area contributed by atoms with Crippen molar-refractivity contribution < 1.29 is 10.0 Å². The van der Waals surface area contributed by atoms with Gasteiger partial charge in [-0.05, 0) is 25.7 Å². The van der Waals surface area contributed by atoms with E-state index < -0.39 is 5.41 Å². The predicted molar refractivity (Wildman–Crippen MR) is 64.7 cm³/mol. The molecule has 96 valence electrons. The molecule has 2 fully saturated rings. The van der Waals surface area contributed by atoms with Crippen LogP contribution in [-0.4, -0.2) is 34.9 Å². The fourth-order valence-corrected chi connectivity index (χ4v) is 3.00. The Morgan fingerprint density at radius 1 is 1.35 bits per heavy atom. The third-order valence-electron chi connectivity index (χ3n) is 4.41. The molecule has 0 saturated heterocycles. The van der Waals surface area contributed by atoms with Crippen molar-refractivity contribution in [1.29, 1.82) is 0 Å². The van der Waals surface area contributed by atoms with Gasteiger partial charge in [0.1, 0.15) is 5.41 Å². The van der Waals surface area contributed by atoms with Crippen molar-refractivity contribution in [2.45, 2.75) is 51.0 Å². The van der Waals surface area contributed by atoms with Crippen molar-refractivity contribution in [1.82, 2.24) is 4.90 Å². The minimum absolute atomic E-state index is 0.0333. The van der Waals surface area contributed by atoms with Gasteiger partial charge in [0.2, 0.25) is 5.91 Å². The van der Waals surface area contributed by atoms with Gasteiger partial charge in [-0.3, -0.25) is 4.79 Å². The van der Waals surface area contributed by atoms with Crippen LogP contribution >= 0.6 is 0 Å². The first-order valence-electron chi connectivity index (χ1n) is 6.37. The summed E-state index contributed by atoms with van der Waals surface area (Å²) in [5.41, 5.74) is 4.99. The van der Waals surface area contributed by atoms with Crippen LogP contribution in [0.3, 0.4) is 0 Å². The molecule has 1 amide bonds. The molecule has 0 radical (unpaired) electrons. The first-order valence-corrected chi connectivity index (χ1v) is 6.37. The zero-order valence-electron chi connectivity index (χ0n) is 10.4. The van der Waals surface area contributed by atoms with Gasteiger partial charge in [-0.2, -0.15) is 0 Å². The lowest BCUT2D eigenvalue weighted by atomic mass is 9.66. The van der Waals surface area contributed by atoms with Crippen molar-refractivity contribution in [3.05, 3.63) is 0 Å². The highest BCUT2D eigenvalue weighted by molar-refractivity contribution is 6.07. The van der Waals surface area contributed by atoms with Crippen molar-refractivity contribution >= 4 is 11.7 Å². The summed E-state index contributed by atoms with van der Waals surface area (Å²) in [6.45, 7) is 0. The fourth-order valence-electron chi connectivity index (χ4n) is 3.00. The summed E-state index contributed by atoms with van der Waals surface area (Å²) in [7, 11) is 1.85. The molecule has 0 bridgehead atoms. The van der Waals surface area contributed by atoms with E-state index in [4.69, 9.17) is 10.9 Å². The Bertz CT molecular complexity index is 331. The normalized spacial score (nSPS) is 24.4. The maximum atomic E-state index is 12.5. The molecule has 5 nitrogen and oxygen atoms in total. The summed E-state index contributed by atoms with van der Waals surface area (Å²) < 4.78 is 0. The molecule has 3 N–H and O–H groups in total. The largest absolute Gasteiger partial charge is 0.409 e. The van der Waals surface area contributed by atoms with Gasteiger partial charge in [-0.1, -0.05) is 24.4 Å². The standard InChI is InChI=1S/C12H21N3O2/c1-15(9-5-2-3-6-9)11(16)12(7-4-8-12)10(13)14-17/h9,17H,2-8H2,1H3,(H2,13,14). The van der Waals surface area contributed by atoms with Crippen molar-refractivity contribution in [3.8, 4) is 0 Å². The maximum absolute atomic E-state index is 12.5. The molecule has 2 aliphatic carbocycles. The Labute approximate surface area is 102 Å². The number of oxime groups is 1. The van der Waals surface area contributed by atoms with Gasteiger partial charge >= 0.3 is 0 Å². The number of carbonyl (C=O) groups is 1. The van der Waals surface area contributed by atoms with Crippen LogP contribution < -0.4 is 5.73 Å². The van der Waals surface area contributed by atoms with E-state index in [0.717, 1.165) is 19.3 Å². The highest BCUT2D eigenvalue weighted by Gasteiger charge is 2.50. The molecule has 0 unspecified atom stereocenters. The highest BCUT2D eigenvalue weighted by atomic mass is 16.4. The number of nitrogens with two attached hydrogens (primary N) is 1. The molecule has 0 aliphatic heterocycles. The van der Waals surface area contributed by atoms with Crippen LogP contribution in [0.5, 0.6) is 0 Å². The van der Waals surface area contributed by atoms with Gasteiger partial charge in [0.05, 0.1) is 0 Å². The molecule has 0 aromatic rings. The molecule has 0 aromatic heterocycles. The number of hydrogen-bond donors (Lipinski definition) is 2. The molecule has 0 spiro atoms. The van der Waals surface area contributed by atoms with E-state index in [1.54, 1.807) is 0 Å². The zero-order chi connectivity index (χ0) is 12.5. The summed E-state index contributed by atoms with van der Waals surface area (Å²) in [6.07, 6.45) is 6.93. The number of rotatable bonds is 3. The number of hydrogen-bond acceptors (Lipinski definition) is 3. The van der Waals surface area contributed by atoms with Crippen molar-refractivity contribution in [3.63, 3.8) is 0 Å². The van der Waals surface area contributed by atoms with E-state index in [9.17, 15) is 4.79 Å². The third-order valence-corrected chi connectivity index (χ3v) is 4.41. The Balaban J connectivity index is 2.12. The Hall–Kier alpha value is -1.26. The minimum atomic E-state index is -0.716. The van der Waals surface area contributed by atoms with Crippen LogP contribution in [0.4, 0.5) is 0 Å². The summed E-state index contributed by atoms with van der Waals surface area (Å²) in [5.74, 6) is 0.115. The van der Waals surface area contributed by atoms with Crippen LogP contribution in [0.25, 0.3) is 0 Å². The number of carbonyl (C=O) groups excluding carboxylic acids is 1. The molecule has 0 atom stereocenters. The monoisotopic (exact) mass is 239 g/mol. The van der Waals surface area contributed by atoms with E-state index in [1.807, 2.05) is 11.9 Å². The summed E-state index contributed by atoms with van der Waals surface area (Å²) in [4.78, 5) is 14.3. The lowest BCUT2D eigenvalue weighted by Crippen LogP contribution is -2.56. The third kappa shape index (κ3) is 1.87. The van der Waals surface area contributed by atoms with Gasteiger partial charge in [0.25, 0.3) is 0 Å². The summed E-state index contributed by atoms with van der Waals surface area (Å²) in [5, 5.41) is 11.9. The van der Waals surface area contributed by atoms with E-state index in [0.29, 0.717) is 18.9 Å². The molecule has 2 rings (SSSR count). The van der Waals surface area contributed by atoms with Gasteiger partial charge in [-0.25, -0.2) is 0 Å². The van der Waals surface area contributed by atoms with E-state index in [2.05, 4.69) is 5.16 Å². The molecular formula is C12H21N3O2.